The van der Waals surface area contributed by atoms with Crippen molar-refractivity contribution in [2.75, 3.05) is 13.1 Å². The Morgan fingerprint density at radius 1 is 1.33 bits per heavy atom. The van der Waals surface area contributed by atoms with Gasteiger partial charge in [-0.3, -0.25) is 9.59 Å². The molecule has 2 heterocycles. The minimum Gasteiger partial charge on any atom is -0.346 e. The van der Waals surface area contributed by atoms with Crippen LogP contribution in [-0.2, 0) is 16.1 Å². The molecule has 0 saturated carbocycles. The molecule has 8 heteroatoms. The first kappa shape index (κ1) is 13.6. The number of piperazine rings is 1. The van der Waals surface area contributed by atoms with Gasteiger partial charge in [0.25, 0.3) is 0 Å². The van der Waals surface area contributed by atoms with Gasteiger partial charge in [0.1, 0.15) is 15.8 Å². The SMILES string of the molecule is O=C1NCCN(Cc2nnc(-c3cccc(F)c3)s2)C1=O. The Hall–Kier alpha value is -2.35. The molecule has 1 aliphatic rings. The van der Waals surface area contributed by atoms with E-state index in [1.807, 2.05) is 0 Å². The van der Waals surface area contributed by atoms with Crippen molar-refractivity contribution in [3.05, 3.63) is 35.1 Å². The molecule has 3 rings (SSSR count). The molecule has 1 N–H and O–H groups in total. The normalized spacial score (nSPS) is 15.2. The fourth-order valence-corrected chi connectivity index (χ4v) is 2.85. The van der Waals surface area contributed by atoms with Crippen LogP contribution in [0.4, 0.5) is 4.39 Å². The van der Waals surface area contributed by atoms with Crippen molar-refractivity contribution >= 4 is 23.2 Å². The van der Waals surface area contributed by atoms with Crippen molar-refractivity contribution in [3.63, 3.8) is 0 Å². The van der Waals surface area contributed by atoms with Crippen molar-refractivity contribution in [1.82, 2.24) is 20.4 Å². The van der Waals surface area contributed by atoms with Crippen LogP contribution in [0.5, 0.6) is 0 Å². The van der Waals surface area contributed by atoms with Crippen LogP contribution in [0.3, 0.4) is 0 Å². The lowest BCUT2D eigenvalue weighted by Gasteiger charge is -2.25. The maximum Gasteiger partial charge on any atom is 0.312 e. The molecule has 21 heavy (non-hydrogen) atoms. The fourth-order valence-electron chi connectivity index (χ4n) is 1.99. The molecule has 2 aromatic rings. The highest BCUT2D eigenvalue weighted by molar-refractivity contribution is 7.14. The first-order valence-electron chi connectivity index (χ1n) is 6.29. The van der Waals surface area contributed by atoms with Gasteiger partial charge in [0.2, 0.25) is 0 Å². The average molecular weight is 306 g/mol. The molecular formula is C13H11FN4O2S. The predicted octanol–water partition coefficient (Wildman–Crippen LogP) is 0.803. The van der Waals surface area contributed by atoms with Crippen LogP contribution in [0.1, 0.15) is 5.01 Å². The summed E-state index contributed by atoms with van der Waals surface area (Å²) in [6.45, 7) is 1.11. The van der Waals surface area contributed by atoms with Gasteiger partial charge in [-0.05, 0) is 12.1 Å². The number of hydrogen-bond acceptors (Lipinski definition) is 5. The second-order valence-corrected chi connectivity index (χ2v) is 5.56. The molecule has 0 radical (unpaired) electrons. The lowest BCUT2D eigenvalue weighted by molar-refractivity contribution is -0.148. The number of aromatic nitrogens is 2. The smallest absolute Gasteiger partial charge is 0.312 e. The molecule has 0 aliphatic carbocycles. The quantitative estimate of drug-likeness (QED) is 0.851. The summed E-state index contributed by atoms with van der Waals surface area (Å²) < 4.78 is 13.2. The Bertz CT molecular complexity index is 703. The van der Waals surface area contributed by atoms with Crippen LogP contribution >= 0.6 is 11.3 Å². The highest BCUT2D eigenvalue weighted by atomic mass is 32.1. The molecule has 1 fully saturated rings. The number of amides is 2. The van der Waals surface area contributed by atoms with Crippen LogP contribution in [0.15, 0.2) is 24.3 Å². The van der Waals surface area contributed by atoms with E-state index in [-0.39, 0.29) is 12.4 Å². The van der Waals surface area contributed by atoms with Crippen LogP contribution < -0.4 is 5.32 Å². The van der Waals surface area contributed by atoms with E-state index in [2.05, 4.69) is 15.5 Å². The zero-order chi connectivity index (χ0) is 14.8. The third-order valence-corrected chi connectivity index (χ3v) is 3.97. The summed E-state index contributed by atoms with van der Waals surface area (Å²) in [5.74, 6) is -1.51. The first-order valence-corrected chi connectivity index (χ1v) is 7.10. The lowest BCUT2D eigenvalue weighted by atomic mass is 10.2. The van der Waals surface area contributed by atoms with Gasteiger partial charge in [-0.25, -0.2) is 4.39 Å². The van der Waals surface area contributed by atoms with Gasteiger partial charge in [-0.2, -0.15) is 0 Å². The molecule has 1 saturated heterocycles. The number of benzene rings is 1. The molecule has 0 unspecified atom stereocenters. The number of nitrogens with zero attached hydrogens (tertiary/aromatic N) is 3. The fraction of sp³-hybridized carbons (Fsp3) is 0.231. The zero-order valence-corrected chi connectivity index (χ0v) is 11.7. The highest BCUT2D eigenvalue weighted by Gasteiger charge is 2.26. The Morgan fingerprint density at radius 3 is 3.00 bits per heavy atom. The van der Waals surface area contributed by atoms with Crippen molar-refractivity contribution in [1.29, 1.82) is 0 Å². The third-order valence-electron chi connectivity index (χ3n) is 3.01. The Balaban J connectivity index is 1.76. The summed E-state index contributed by atoms with van der Waals surface area (Å²) in [5.41, 5.74) is 0.640. The van der Waals surface area contributed by atoms with Crippen molar-refractivity contribution in [2.24, 2.45) is 0 Å². The standard InChI is InChI=1S/C13H11FN4O2S/c14-9-3-1-2-8(6-9)12-17-16-10(21-12)7-18-5-4-15-11(19)13(18)20/h1-3,6H,4-5,7H2,(H,15,19). The van der Waals surface area contributed by atoms with Gasteiger partial charge in [0, 0.05) is 18.7 Å². The molecule has 1 aromatic heterocycles. The second kappa shape index (κ2) is 5.57. The minimum atomic E-state index is -0.601. The zero-order valence-electron chi connectivity index (χ0n) is 10.9. The van der Waals surface area contributed by atoms with Gasteiger partial charge >= 0.3 is 11.8 Å². The molecule has 0 bridgehead atoms. The van der Waals surface area contributed by atoms with Gasteiger partial charge in [-0.15, -0.1) is 10.2 Å². The summed E-state index contributed by atoms with van der Waals surface area (Å²) >= 11 is 1.28. The van der Waals surface area contributed by atoms with Gasteiger partial charge in [-0.1, -0.05) is 23.5 Å². The van der Waals surface area contributed by atoms with Crippen LogP contribution in [-0.4, -0.2) is 40.0 Å². The molecule has 0 spiro atoms. The van der Waals surface area contributed by atoms with E-state index in [1.165, 1.54) is 28.4 Å². The van der Waals surface area contributed by atoms with E-state index in [9.17, 15) is 14.0 Å². The van der Waals surface area contributed by atoms with Crippen LogP contribution in [0.2, 0.25) is 0 Å². The Kier molecular flexibility index (Phi) is 3.61. The average Bonchev–Trinajstić information content (AvgIpc) is 2.93. The summed E-state index contributed by atoms with van der Waals surface area (Å²) in [7, 11) is 0. The minimum absolute atomic E-state index is 0.235. The second-order valence-electron chi connectivity index (χ2n) is 4.49. The number of carbonyl (C=O) groups excluding carboxylic acids is 2. The van der Waals surface area contributed by atoms with E-state index in [4.69, 9.17) is 0 Å². The molecule has 2 amide bonds. The monoisotopic (exact) mass is 306 g/mol. The number of hydrogen-bond donors (Lipinski definition) is 1. The first-order chi connectivity index (χ1) is 10.1. The topological polar surface area (TPSA) is 75.2 Å². The largest absolute Gasteiger partial charge is 0.346 e. The molecule has 6 nitrogen and oxygen atoms in total. The summed E-state index contributed by atoms with van der Waals surface area (Å²) in [4.78, 5) is 24.4. The number of halogens is 1. The maximum absolute atomic E-state index is 13.2. The van der Waals surface area contributed by atoms with Gasteiger partial charge in [0.05, 0.1) is 6.54 Å². The Labute approximate surface area is 123 Å². The highest BCUT2D eigenvalue weighted by Crippen LogP contribution is 2.24. The summed E-state index contributed by atoms with van der Waals surface area (Å²) in [5, 5.41) is 11.7. The summed E-state index contributed by atoms with van der Waals surface area (Å²) in [6, 6.07) is 6.08. The molecular weight excluding hydrogens is 295 g/mol. The molecule has 108 valence electrons. The van der Waals surface area contributed by atoms with Crippen molar-refractivity contribution < 1.29 is 14.0 Å². The van der Waals surface area contributed by atoms with E-state index in [0.29, 0.717) is 28.7 Å². The van der Waals surface area contributed by atoms with E-state index >= 15 is 0 Å². The van der Waals surface area contributed by atoms with Crippen LogP contribution in [0.25, 0.3) is 10.6 Å². The number of carbonyl (C=O) groups is 2. The molecule has 1 aliphatic heterocycles. The van der Waals surface area contributed by atoms with Crippen molar-refractivity contribution in [2.45, 2.75) is 6.54 Å². The van der Waals surface area contributed by atoms with E-state index in [0.717, 1.165) is 0 Å². The Morgan fingerprint density at radius 2 is 2.19 bits per heavy atom. The van der Waals surface area contributed by atoms with E-state index < -0.39 is 11.8 Å². The predicted molar refractivity (Wildman–Crippen MR) is 73.7 cm³/mol. The molecule has 0 atom stereocenters. The van der Waals surface area contributed by atoms with Gasteiger partial charge < -0.3 is 10.2 Å². The molecule has 1 aromatic carbocycles. The van der Waals surface area contributed by atoms with Gasteiger partial charge in [0.15, 0.2) is 0 Å². The lowest BCUT2D eigenvalue weighted by Crippen LogP contribution is -2.51. The summed E-state index contributed by atoms with van der Waals surface area (Å²) in [6.07, 6.45) is 0. The van der Waals surface area contributed by atoms with E-state index in [1.54, 1.807) is 12.1 Å². The van der Waals surface area contributed by atoms with Crippen molar-refractivity contribution in [3.8, 4) is 10.6 Å². The third kappa shape index (κ3) is 2.89. The number of rotatable bonds is 3. The van der Waals surface area contributed by atoms with Crippen LogP contribution in [0, 0.1) is 5.82 Å². The number of nitrogens with one attached hydrogen (secondary N) is 1. The maximum atomic E-state index is 13.2.